The highest BCUT2D eigenvalue weighted by Crippen LogP contribution is 2.22. The van der Waals surface area contributed by atoms with Crippen LogP contribution in [0.15, 0.2) is 0 Å². The molecule has 0 radical (unpaired) electrons. The number of hydrogen-bond donors (Lipinski definition) is 2. The van der Waals surface area contributed by atoms with Crippen LogP contribution in [0.25, 0.3) is 0 Å². The highest BCUT2D eigenvalue weighted by Gasteiger charge is 2.31. The molecule has 0 aliphatic rings. The first-order valence-electron chi connectivity index (χ1n) is 27.0. The Kier molecular flexibility index (Phi) is 62.4. The van der Waals surface area contributed by atoms with Crippen LogP contribution in [0, 0.1) is 10.8 Å². The number of nitrogens with one attached hydrogen (secondary N) is 1. The van der Waals surface area contributed by atoms with Crippen LogP contribution in [0.4, 0.5) is 0 Å². The van der Waals surface area contributed by atoms with Crippen molar-refractivity contribution < 1.29 is 61.7 Å². The van der Waals surface area contributed by atoms with Crippen LogP contribution in [-0.2, 0) is 57.2 Å². The van der Waals surface area contributed by atoms with Gasteiger partial charge in [0.05, 0.1) is 23.9 Å². The molecule has 0 amide bonds. The van der Waals surface area contributed by atoms with E-state index in [-0.39, 0.29) is 84.8 Å². The van der Waals surface area contributed by atoms with E-state index in [1.54, 1.807) is 6.92 Å². The van der Waals surface area contributed by atoms with E-state index in [2.05, 4.69) is 37.9 Å². The van der Waals surface area contributed by atoms with Gasteiger partial charge in [-0.3, -0.25) is 24.0 Å². The Labute approximate surface area is 445 Å². The molecule has 0 aliphatic carbocycles. The van der Waals surface area contributed by atoms with E-state index in [0.29, 0.717) is 51.8 Å². The third kappa shape index (κ3) is 56.5. The number of nitrogens with zero attached hydrogens (tertiary/aromatic N) is 1. The van der Waals surface area contributed by atoms with Crippen LogP contribution in [0.1, 0.15) is 230 Å². The number of ether oxygens (including phenoxy) is 6. The van der Waals surface area contributed by atoms with E-state index in [1.807, 2.05) is 27.8 Å². The van der Waals surface area contributed by atoms with Crippen molar-refractivity contribution in [2.75, 3.05) is 85.7 Å². The molecule has 15 nitrogen and oxygen atoms in total. The van der Waals surface area contributed by atoms with Crippen LogP contribution >= 0.6 is 12.0 Å². The van der Waals surface area contributed by atoms with Gasteiger partial charge in [0.1, 0.15) is 39.8 Å². The van der Waals surface area contributed by atoms with Crippen molar-refractivity contribution >= 4 is 48.7 Å². The SMILES string of the molecule is C.C.C=O.CCCCCCCC(=O)OCC(C)(COCCCNCCC(=O)OCC(C)(COC(=O)CCCCCCC)COC(=O)CCCCCCC)COC(=O)CCCCCCC.CN(C)CCCSO. The Balaban J connectivity index is -0.00000113. The fourth-order valence-electron chi connectivity index (χ4n) is 6.75. The average molecular weight is 1050 g/mol. The minimum atomic E-state index is -0.871. The molecule has 0 saturated carbocycles. The first-order chi connectivity index (χ1) is 33.7. The molecular weight excluding hydrogens is 941 g/mol. The molecule has 0 rings (SSSR count). The molecule has 16 heteroatoms. The normalized spacial score (nSPS) is 10.9. The molecule has 0 fully saturated rings. The molecule has 0 atom stereocenters. The third-order valence-corrected chi connectivity index (χ3v) is 11.8. The monoisotopic (exact) mass is 1050 g/mol. The summed E-state index contributed by atoms with van der Waals surface area (Å²) in [5, 5.41) is 3.24. The second kappa shape index (κ2) is 57.5. The van der Waals surface area contributed by atoms with Gasteiger partial charge in [-0.1, -0.05) is 152 Å². The van der Waals surface area contributed by atoms with Gasteiger partial charge >= 0.3 is 29.8 Å². The molecule has 2 N–H and O–H groups in total. The standard InChI is InChI=1S/C48H89NO11.C5H13NOS.CH2O.2CH4/c1-7-11-15-19-23-28-42(50)56-37-47(5,38-57-43(51)29-24-20-16-12-8-2)36-55-35-27-33-49-34-32-46(54)60-41-48(6,39-58-44(52)30-25-21-17-13-9-3)40-59-45(53)31-26-22-18-14-10-4;1-6(2)4-3-5-8-7;1-2;;/h49H,7-41H2,1-6H3;7H,3-5H2,1-2H3;1H2;2*1H4. The number of hydrogen-bond acceptors (Lipinski definition) is 16. The van der Waals surface area contributed by atoms with E-state index < -0.39 is 16.8 Å². The molecule has 0 aromatic rings. The van der Waals surface area contributed by atoms with Gasteiger partial charge in [-0.15, -0.1) is 0 Å². The van der Waals surface area contributed by atoms with Gasteiger partial charge in [-0.05, 0) is 84.7 Å². The third-order valence-electron chi connectivity index (χ3n) is 11.3. The topological polar surface area (TPSA) is 193 Å². The Morgan fingerprint density at radius 2 is 0.764 bits per heavy atom. The lowest BCUT2D eigenvalue weighted by Gasteiger charge is -2.28. The molecule has 0 aliphatic heterocycles. The lowest BCUT2D eigenvalue weighted by Crippen LogP contribution is -2.37. The highest BCUT2D eigenvalue weighted by atomic mass is 32.2. The molecule has 0 heterocycles. The fourth-order valence-corrected chi connectivity index (χ4v) is 7.01. The summed E-state index contributed by atoms with van der Waals surface area (Å²) in [7, 11) is 4.06. The first kappa shape index (κ1) is 78.1. The summed E-state index contributed by atoms with van der Waals surface area (Å²) in [5.74, 6) is -0.655. The smallest absolute Gasteiger partial charge is 0.307 e. The molecule has 0 saturated heterocycles. The second-order valence-electron chi connectivity index (χ2n) is 19.5. The van der Waals surface area contributed by atoms with Crippen LogP contribution < -0.4 is 5.32 Å². The molecule has 0 aromatic heterocycles. The Bertz CT molecular complexity index is 1180. The minimum absolute atomic E-state index is 0. The largest absolute Gasteiger partial charge is 0.465 e. The quantitative estimate of drug-likeness (QED) is 0.0253. The summed E-state index contributed by atoms with van der Waals surface area (Å²) in [5.41, 5.74) is -1.55. The van der Waals surface area contributed by atoms with Gasteiger partial charge in [0.25, 0.3) is 0 Å². The van der Waals surface area contributed by atoms with Gasteiger partial charge in [0.2, 0.25) is 0 Å². The summed E-state index contributed by atoms with van der Waals surface area (Å²) < 4.78 is 42.3. The molecule has 0 bridgehead atoms. The number of carbonyl (C=O) groups is 6. The van der Waals surface area contributed by atoms with E-state index in [0.717, 1.165) is 159 Å². The van der Waals surface area contributed by atoms with Gasteiger partial charge < -0.3 is 48.0 Å². The molecule has 0 spiro atoms. The van der Waals surface area contributed by atoms with Crippen LogP contribution in [0.3, 0.4) is 0 Å². The van der Waals surface area contributed by atoms with E-state index in [4.69, 9.17) is 37.8 Å². The second-order valence-corrected chi connectivity index (χ2v) is 20.1. The van der Waals surface area contributed by atoms with Crippen molar-refractivity contribution in [2.24, 2.45) is 10.8 Å². The van der Waals surface area contributed by atoms with Gasteiger partial charge in [0, 0.05) is 44.6 Å². The highest BCUT2D eigenvalue weighted by molar-refractivity contribution is 7.93. The average Bonchev–Trinajstić information content (AvgIpc) is 3.34. The van der Waals surface area contributed by atoms with E-state index in [9.17, 15) is 24.0 Å². The number of unbranched alkanes of at least 4 members (excludes halogenated alkanes) is 16. The Hall–Kier alpha value is -2.79. The molecule has 0 aromatic carbocycles. The maximum Gasteiger partial charge on any atom is 0.307 e. The van der Waals surface area contributed by atoms with Gasteiger partial charge in [-0.2, -0.15) is 0 Å². The summed E-state index contributed by atoms with van der Waals surface area (Å²) >= 11 is 0.917. The summed E-state index contributed by atoms with van der Waals surface area (Å²) in [6, 6.07) is 0. The van der Waals surface area contributed by atoms with E-state index >= 15 is 0 Å². The zero-order valence-corrected chi connectivity index (χ0v) is 46.6. The van der Waals surface area contributed by atoms with Crippen molar-refractivity contribution in [1.82, 2.24) is 10.2 Å². The first-order valence-corrected chi connectivity index (χ1v) is 27.9. The van der Waals surface area contributed by atoms with Crippen molar-refractivity contribution in [3.05, 3.63) is 0 Å². The number of rotatable bonds is 47. The zero-order chi connectivity index (χ0) is 53.0. The summed E-state index contributed by atoms with van der Waals surface area (Å²) in [6.07, 6.45) is 24.0. The summed E-state index contributed by atoms with van der Waals surface area (Å²) in [6.45, 7) is 17.2. The maximum atomic E-state index is 12.7. The van der Waals surface area contributed by atoms with Crippen molar-refractivity contribution in [2.45, 2.75) is 230 Å². The predicted octanol–water partition coefficient (Wildman–Crippen LogP) is 12.8. The van der Waals surface area contributed by atoms with Gasteiger partial charge in [-0.25, -0.2) is 0 Å². The Morgan fingerprint density at radius 3 is 1.07 bits per heavy atom. The molecule has 72 heavy (non-hydrogen) atoms. The zero-order valence-electron chi connectivity index (χ0n) is 45.8. The minimum Gasteiger partial charge on any atom is -0.465 e. The fraction of sp³-hybridized carbons (Fsp3) is 0.893. The number of esters is 5. The number of carbonyl (C=O) groups excluding carboxylic acids is 6. The predicted molar refractivity (Wildman–Crippen MR) is 296 cm³/mol. The van der Waals surface area contributed by atoms with Crippen LogP contribution in [-0.4, -0.2) is 132 Å². The van der Waals surface area contributed by atoms with E-state index in [1.165, 1.54) is 0 Å². The van der Waals surface area contributed by atoms with Gasteiger partial charge in [0.15, 0.2) is 0 Å². The molecule has 0 unspecified atom stereocenters. The summed E-state index contributed by atoms with van der Waals surface area (Å²) in [4.78, 5) is 72.7. The molecular formula is C56H112N2O13S. The maximum absolute atomic E-state index is 12.7. The van der Waals surface area contributed by atoms with Crippen LogP contribution in [0.5, 0.6) is 0 Å². The lowest BCUT2D eigenvalue weighted by atomic mass is 9.94. The Morgan fingerprint density at radius 1 is 0.458 bits per heavy atom. The lowest BCUT2D eigenvalue weighted by molar-refractivity contribution is -0.161. The van der Waals surface area contributed by atoms with Crippen molar-refractivity contribution in [3.63, 3.8) is 0 Å². The van der Waals surface area contributed by atoms with Crippen molar-refractivity contribution in [3.8, 4) is 0 Å². The van der Waals surface area contributed by atoms with Crippen molar-refractivity contribution in [1.29, 1.82) is 0 Å². The molecule has 430 valence electrons. The van der Waals surface area contributed by atoms with Crippen LogP contribution in [0.2, 0.25) is 0 Å².